The fourth-order valence-electron chi connectivity index (χ4n) is 2.55. The lowest BCUT2D eigenvalue weighted by Gasteiger charge is -2.18. The fourth-order valence-corrected chi connectivity index (χ4v) is 2.55. The minimum Gasteiger partial charge on any atom is -0.352 e. The maximum atomic E-state index is 12.4. The van der Waals surface area contributed by atoms with Gasteiger partial charge in [-0.1, -0.05) is 36.4 Å². The third-order valence-corrected chi connectivity index (χ3v) is 3.96. The summed E-state index contributed by atoms with van der Waals surface area (Å²) in [6.07, 6.45) is 0.782. The Bertz CT molecular complexity index is 679. The summed E-state index contributed by atoms with van der Waals surface area (Å²) in [5.41, 5.74) is 2.25. The van der Waals surface area contributed by atoms with Gasteiger partial charge in [-0.3, -0.25) is 9.59 Å². The summed E-state index contributed by atoms with van der Waals surface area (Å²) in [5.74, 6) is -0.195. The summed E-state index contributed by atoms with van der Waals surface area (Å²) in [6, 6.07) is 16.9. The SMILES string of the molecule is CCN(CC)C(=O)c1cccc(C(=O)NCCc2ccccc2)c1. The Balaban J connectivity index is 1.97. The van der Waals surface area contributed by atoms with Crippen LogP contribution in [0.2, 0.25) is 0 Å². The van der Waals surface area contributed by atoms with Crippen molar-refractivity contribution in [3.05, 3.63) is 71.3 Å². The van der Waals surface area contributed by atoms with E-state index in [-0.39, 0.29) is 11.8 Å². The molecule has 0 saturated carbocycles. The zero-order valence-corrected chi connectivity index (χ0v) is 14.3. The summed E-state index contributed by atoms with van der Waals surface area (Å²) < 4.78 is 0. The maximum absolute atomic E-state index is 12.4. The van der Waals surface area contributed by atoms with Gasteiger partial charge in [-0.15, -0.1) is 0 Å². The molecule has 4 nitrogen and oxygen atoms in total. The average molecular weight is 324 g/mol. The first-order chi connectivity index (χ1) is 11.7. The largest absolute Gasteiger partial charge is 0.352 e. The Hall–Kier alpha value is -2.62. The van der Waals surface area contributed by atoms with Gasteiger partial charge in [0, 0.05) is 30.8 Å². The molecule has 0 bridgehead atoms. The predicted octanol–water partition coefficient (Wildman–Crippen LogP) is 3.14. The molecule has 24 heavy (non-hydrogen) atoms. The van der Waals surface area contributed by atoms with E-state index >= 15 is 0 Å². The highest BCUT2D eigenvalue weighted by molar-refractivity contribution is 5.99. The first-order valence-electron chi connectivity index (χ1n) is 8.37. The highest BCUT2D eigenvalue weighted by Crippen LogP contribution is 2.09. The van der Waals surface area contributed by atoms with Crippen LogP contribution < -0.4 is 5.32 Å². The van der Waals surface area contributed by atoms with Crippen molar-refractivity contribution in [3.63, 3.8) is 0 Å². The van der Waals surface area contributed by atoms with Crippen molar-refractivity contribution < 1.29 is 9.59 Å². The van der Waals surface area contributed by atoms with Gasteiger partial charge < -0.3 is 10.2 Å². The van der Waals surface area contributed by atoms with Crippen LogP contribution in [0, 0.1) is 0 Å². The smallest absolute Gasteiger partial charge is 0.253 e. The van der Waals surface area contributed by atoms with Gasteiger partial charge in [0.05, 0.1) is 0 Å². The van der Waals surface area contributed by atoms with E-state index in [0.717, 1.165) is 6.42 Å². The Morgan fingerprint density at radius 2 is 1.58 bits per heavy atom. The number of carbonyl (C=O) groups excluding carboxylic acids is 2. The molecule has 0 spiro atoms. The van der Waals surface area contributed by atoms with Crippen molar-refractivity contribution in [2.24, 2.45) is 0 Å². The number of nitrogens with one attached hydrogen (secondary N) is 1. The third-order valence-electron chi connectivity index (χ3n) is 3.96. The molecule has 2 rings (SSSR count). The molecule has 2 aromatic carbocycles. The van der Waals surface area contributed by atoms with Gasteiger partial charge in [0.15, 0.2) is 0 Å². The molecular weight excluding hydrogens is 300 g/mol. The van der Waals surface area contributed by atoms with Crippen LogP contribution in [0.3, 0.4) is 0 Å². The molecule has 0 unspecified atom stereocenters. The highest BCUT2D eigenvalue weighted by Gasteiger charge is 2.14. The van der Waals surface area contributed by atoms with Crippen LogP contribution in [0.1, 0.15) is 40.1 Å². The molecule has 0 aliphatic carbocycles. The van der Waals surface area contributed by atoms with E-state index in [1.807, 2.05) is 44.2 Å². The second-order valence-electron chi connectivity index (χ2n) is 5.55. The summed E-state index contributed by atoms with van der Waals surface area (Å²) in [5, 5.41) is 2.91. The predicted molar refractivity (Wildman–Crippen MR) is 96.2 cm³/mol. The van der Waals surface area contributed by atoms with E-state index < -0.39 is 0 Å². The lowest BCUT2D eigenvalue weighted by molar-refractivity contribution is 0.0773. The summed E-state index contributed by atoms with van der Waals surface area (Å²) >= 11 is 0. The molecule has 2 amide bonds. The molecule has 0 aliphatic heterocycles. The Kier molecular flexibility index (Phi) is 6.55. The molecular formula is C20H24N2O2. The van der Waals surface area contributed by atoms with E-state index in [1.54, 1.807) is 29.2 Å². The second kappa shape index (κ2) is 8.87. The standard InChI is InChI=1S/C20H24N2O2/c1-3-22(4-2)20(24)18-12-8-11-17(15-18)19(23)21-14-13-16-9-6-5-7-10-16/h5-12,15H,3-4,13-14H2,1-2H3,(H,21,23). The van der Waals surface area contributed by atoms with Crippen LogP contribution in [0.4, 0.5) is 0 Å². The number of hydrogen-bond acceptors (Lipinski definition) is 2. The van der Waals surface area contributed by atoms with Crippen molar-refractivity contribution in [1.29, 1.82) is 0 Å². The Morgan fingerprint density at radius 3 is 2.25 bits per heavy atom. The first kappa shape index (κ1) is 17.7. The molecule has 2 aromatic rings. The minimum atomic E-state index is -0.153. The number of carbonyl (C=O) groups is 2. The molecule has 126 valence electrons. The number of hydrogen-bond donors (Lipinski definition) is 1. The van der Waals surface area contributed by atoms with Gasteiger partial charge in [-0.2, -0.15) is 0 Å². The topological polar surface area (TPSA) is 49.4 Å². The van der Waals surface area contributed by atoms with Crippen LogP contribution in [0.15, 0.2) is 54.6 Å². The van der Waals surface area contributed by atoms with Gasteiger partial charge in [0.25, 0.3) is 11.8 Å². The average Bonchev–Trinajstić information content (AvgIpc) is 2.63. The normalized spacial score (nSPS) is 10.2. The Labute approximate surface area is 143 Å². The van der Waals surface area contributed by atoms with Crippen LogP contribution in [-0.4, -0.2) is 36.3 Å². The number of rotatable bonds is 7. The van der Waals surface area contributed by atoms with Gasteiger partial charge in [0.2, 0.25) is 0 Å². The molecule has 4 heteroatoms. The molecule has 0 aromatic heterocycles. The van der Waals surface area contributed by atoms with E-state index in [4.69, 9.17) is 0 Å². The lowest BCUT2D eigenvalue weighted by atomic mass is 10.1. The van der Waals surface area contributed by atoms with Crippen LogP contribution in [0.25, 0.3) is 0 Å². The summed E-state index contributed by atoms with van der Waals surface area (Å²) in [6.45, 7) is 5.77. The fraction of sp³-hybridized carbons (Fsp3) is 0.300. The van der Waals surface area contributed by atoms with Crippen molar-refractivity contribution in [2.45, 2.75) is 20.3 Å². The van der Waals surface area contributed by atoms with Gasteiger partial charge >= 0.3 is 0 Å². The first-order valence-corrected chi connectivity index (χ1v) is 8.37. The van der Waals surface area contributed by atoms with Crippen molar-refractivity contribution in [3.8, 4) is 0 Å². The molecule has 0 fully saturated rings. The van der Waals surface area contributed by atoms with Crippen molar-refractivity contribution >= 4 is 11.8 Å². The molecule has 0 aliphatic rings. The zero-order chi connectivity index (χ0) is 17.4. The van der Waals surface area contributed by atoms with Crippen LogP contribution in [0.5, 0.6) is 0 Å². The number of amides is 2. The maximum Gasteiger partial charge on any atom is 0.253 e. The van der Waals surface area contributed by atoms with Crippen molar-refractivity contribution in [1.82, 2.24) is 10.2 Å². The monoisotopic (exact) mass is 324 g/mol. The highest BCUT2D eigenvalue weighted by atomic mass is 16.2. The van der Waals surface area contributed by atoms with Crippen LogP contribution >= 0.6 is 0 Å². The molecule has 0 atom stereocenters. The summed E-state index contributed by atoms with van der Waals surface area (Å²) in [7, 11) is 0. The molecule has 0 saturated heterocycles. The second-order valence-corrected chi connectivity index (χ2v) is 5.55. The molecule has 1 N–H and O–H groups in total. The molecule has 0 radical (unpaired) electrons. The summed E-state index contributed by atoms with van der Waals surface area (Å²) in [4.78, 5) is 26.4. The van der Waals surface area contributed by atoms with Gasteiger partial charge in [0.1, 0.15) is 0 Å². The zero-order valence-electron chi connectivity index (χ0n) is 14.3. The van der Waals surface area contributed by atoms with E-state index in [9.17, 15) is 9.59 Å². The van der Waals surface area contributed by atoms with E-state index in [0.29, 0.717) is 30.8 Å². The Morgan fingerprint density at radius 1 is 0.917 bits per heavy atom. The molecule has 0 heterocycles. The van der Waals surface area contributed by atoms with Gasteiger partial charge in [-0.05, 0) is 44.0 Å². The van der Waals surface area contributed by atoms with Crippen molar-refractivity contribution in [2.75, 3.05) is 19.6 Å². The lowest BCUT2D eigenvalue weighted by Crippen LogP contribution is -2.31. The van der Waals surface area contributed by atoms with E-state index in [1.165, 1.54) is 5.56 Å². The number of nitrogens with zero attached hydrogens (tertiary/aromatic N) is 1. The van der Waals surface area contributed by atoms with E-state index in [2.05, 4.69) is 5.32 Å². The van der Waals surface area contributed by atoms with Crippen LogP contribution in [-0.2, 0) is 6.42 Å². The quantitative estimate of drug-likeness (QED) is 0.850. The van der Waals surface area contributed by atoms with Gasteiger partial charge in [-0.25, -0.2) is 0 Å². The minimum absolute atomic E-state index is 0.0427. The third kappa shape index (κ3) is 4.69. The number of benzene rings is 2.